The number of rotatable bonds is 10. The summed E-state index contributed by atoms with van der Waals surface area (Å²) in [4.78, 5) is 28.7. The molecule has 1 unspecified atom stereocenters. The Morgan fingerprint density at radius 3 is 2.68 bits per heavy atom. The van der Waals surface area contributed by atoms with Gasteiger partial charge in [0.25, 0.3) is 5.91 Å². The van der Waals surface area contributed by atoms with Crippen molar-refractivity contribution < 1.29 is 19.4 Å². The maximum absolute atomic E-state index is 13.5. The molecule has 1 N–H and O–H groups in total. The summed E-state index contributed by atoms with van der Waals surface area (Å²) in [6.45, 7) is 4.60. The summed E-state index contributed by atoms with van der Waals surface area (Å²) in [6.07, 6.45) is 0.842. The van der Waals surface area contributed by atoms with E-state index in [0.717, 1.165) is 12.0 Å². The van der Waals surface area contributed by atoms with Gasteiger partial charge >= 0.3 is 0 Å². The quantitative estimate of drug-likeness (QED) is 0.129. The Morgan fingerprint density at radius 2 is 1.95 bits per heavy atom. The summed E-state index contributed by atoms with van der Waals surface area (Å²) in [6, 6.07) is 18.1. The van der Waals surface area contributed by atoms with Crippen LogP contribution in [-0.2, 0) is 10.5 Å². The van der Waals surface area contributed by atoms with Gasteiger partial charge in [0.05, 0.1) is 23.1 Å². The van der Waals surface area contributed by atoms with Crippen LogP contribution in [0.3, 0.4) is 0 Å². The number of Topliss-reactive ketones (excluding diaryl/α,β-unsaturated/α-hetero) is 1. The van der Waals surface area contributed by atoms with Gasteiger partial charge in [0.1, 0.15) is 5.75 Å². The van der Waals surface area contributed by atoms with Gasteiger partial charge in [-0.3, -0.25) is 14.5 Å². The number of amides is 1. The molecule has 0 saturated heterocycles. The van der Waals surface area contributed by atoms with Crippen molar-refractivity contribution in [2.75, 3.05) is 11.5 Å². The number of nitrogens with zero attached hydrogens (tertiary/aromatic N) is 3. The summed E-state index contributed by atoms with van der Waals surface area (Å²) in [5, 5.41) is 21.7. The van der Waals surface area contributed by atoms with E-state index in [-0.39, 0.29) is 5.57 Å². The Kier molecular flexibility index (Phi) is 7.92. The van der Waals surface area contributed by atoms with Gasteiger partial charge < -0.3 is 9.84 Å². The van der Waals surface area contributed by atoms with Gasteiger partial charge in [-0.25, -0.2) is 0 Å². The fourth-order valence-electron chi connectivity index (χ4n) is 4.07. The highest BCUT2D eigenvalue weighted by atomic mass is 32.2. The Hall–Kier alpha value is -3.47. The van der Waals surface area contributed by atoms with Crippen molar-refractivity contribution in [1.82, 2.24) is 10.2 Å². The number of thiophene rings is 1. The highest BCUT2D eigenvalue weighted by Crippen LogP contribution is 2.44. The summed E-state index contributed by atoms with van der Waals surface area (Å²) < 4.78 is 6.49. The molecule has 1 aliphatic heterocycles. The zero-order valence-electron chi connectivity index (χ0n) is 20.8. The van der Waals surface area contributed by atoms with Crippen LogP contribution in [0.4, 0.5) is 5.13 Å². The minimum atomic E-state index is -0.870. The topological polar surface area (TPSA) is 92.6 Å². The lowest BCUT2D eigenvalue weighted by Crippen LogP contribution is -2.31. The van der Waals surface area contributed by atoms with Crippen molar-refractivity contribution in [2.24, 2.45) is 0 Å². The Balaban J connectivity index is 1.49. The predicted molar refractivity (Wildman–Crippen MR) is 151 cm³/mol. The van der Waals surface area contributed by atoms with Crippen LogP contribution in [0.2, 0.25) is 0 Å². The summed E-state index contributed by atoms with van der Waals surface area (Å²) in [7, 11) is 0. The molecule has 194 valence electrons. The van der Waals surface area contributed by atoms with Gasteiger partial charge in [0.2, 0.25) is 10.9 Å². The number of carbonyl (C=O) groups is 2. The van der Waals surface area contributed by atoms with Gasteiger partial charge in [-0.1, -0.05) is 78.1 Å². The second kappa shape index (κ2) is 11.5. The third kappa shape index (κ3) is 5.38. The first-order valence-corrected chi connectivity index (χ1v) is 14.7. The third-order valence-electron chi connectivity index (χ3n) is 5.93. The van der Waals surface area contributed by atoms with Crippen molar-refractivity contribution in [1.29, 1.82) is 0 Å². The lowest BCUT2D eigenvalue weighted by Gasteiger charge is -2.24. The Labute approximate surface area is 232 Å². The summed E-state index contributed by atoms with van der Waals surface area (Å²) >= 11 is 4.04. The molecule has 10 heteroatoms. The molecule has 0 bridgehead atoms. The van der Waals surface area contributed by atoms with Crippen LogP contribution in [-0.4, -0.2) is 33.6 Å². The van der Waals surface area contributed by atoms with Crippen molar-refractivity contribution in [3.8, 4) is 5.75 Å². The molecule has 2 aromatic heterocycles. The van der Waals surface area contributed by atoms with E-state index < -0.39 is 23.5 Å². The standard InChI is InChI=1S/C28H25N3O4S3/c1-3-13-35-20-7-4-6-19(15-20)23-22(24(32)21-8-5-14-36-21)25(33)26(34)31(23)27-29-30-28(38-27)37-16-18-11-9-17(2)10-12-18/h4-12,14-15,23,33H,3,13,16H2,1-2H3. The van der Waals surface area contributed by atoms with Crippen LogP contribution in [0.1, 0.15) is 45.7 Å². The molecule has 0 fully saturated rings. The minimum Gasteiger partial charge on any atom is -0.503 e. The van der Waals surface area contributed by atoms with Gasteiger partial charge in [-0.05, 0) is 48.1 Å². The number of ether oxygens (including phenoxy) is 1. The highest BCUT2D eigenvalue weighted by molar-refractivity contribution is 8.00. The van der Waals surface area contributed by atoms with E-state index in [2.05, 4.69) is 34.5 Å². The fourth-order valence-corrected chi connectivity index (χ4v) is 6.57. The number of carbonyl (C=O) groups excluding carboxylic acids is 2. The van der Waals surface area contributed by atoms with Crippen molar-refractivity contribution in [2.45, 2.75) is 36.4 Å². The van der Waals surface area contributed by atoms with E-state index in [4.69, 9.17) is 4.74 Å². The monoisotopic (exact) mass is 563 g/mol. The molecule has 7 nitrogen and oxygen atoms in total. The molecule has 1 amide bonds. The average Bonchev–Trinajstić information content (AvgIpc) is 3.68. The Morgan fingerprint density at radius 1 is 1.13 bits per heavy atom. The van der Waals surface area contributed by atoms with E-state index in [0.29, 0.717) is 38.0 Å². The number of ketones is 1. The maximum atomic E-state index is 13.5. The lowest BCUT2D eigenvalue weighted by atomic mass is 9.95. The number of hydrogen-bond donors (Lipinski definition) is 1. The molecule has 0 spiro atoms. The zero-order valence-corrected chi connectivity index (χ0v) is 23.2. The molecular formula is C28H25N3O4S3. The highest BCUT2D eigenvalue weighted by Gasteiger charge is 2.46. The van der Waals surface area contributed by atoms with E-state index >= 15 is 0 Å². The molecule has 4 aromatic rings. The van der Waals surface area contributed by atoms with Gasteiger partial charge in [-0.2, -0.15) is 0 Å². The molecule has 1 atom stereocenters. The molecule has 1 aliphatic rings. The first-order chi connectivity index (χ1) is 18.5. The van der Waals surface area contributed by atoms with Crippen molar-refractivity contribution in [3.05, 3.63) is 98.9 Å². The van der Waals surface area contributed by atoms with Crippen molar-refractivity contribution in [3.63, 3.8) is 0 Å². The first kappa shape index (κ1) is 26.1. The van der Waals surface area contributed by atoms with Crippen LogP contribution in [0.5, 0.6) is 5.75 Å². The van der Waals surface area contributed by atoms with E-state index in [1.807, 2.05) is 32.0 Å². The number of aliphatic hydroxyl groups is 1. The van der Waals surface area contributed by atoms with E-state index in [1.54, 1.807) is 23.6 Å². The number of aryl methyl sites for hydroxylation is 1. The number of aliphatic hydroxyl groups excluding tert-OH is 1. The predicted octanol–water partition coefficient (Wildman–Crippen LogP) is 6.77. The normalized spacial score (nSPS) is 15.4. The number of anilines is 1. The molecule has 2 aromatic carbocycles. The fraction of sp³-hybridized carbons (Fsp3) is 0.214. The van der Waals surface area contributed by atoms with Crippen LogP contribution in [0.25, 0.3) is 0 Å². The Bertz CT molecular complexity index is 1480. The van der Waals surface area contributed by atoms with Crippen LogP contribution >= 0.6 is 34.4 Å². The lowest BCUT2D eigenvalue weighted by molar-refractivity contribution is -0.117. The number of thioether (sulfide) groups is 1. The van der Waals surface area contributed by atoms with E-state index in [1.165, 1.54) is 44.9 Å². The second-order valence-corrected chi connectivity index (χ2v) is 11.8. The molecule has 0 saturated carbocycles. The summed E-state index contributed by atoms with van der Waals surface area (Å²) in [5.41, 5.74) is 3.01. The smallest absolute Gasteiger partial charge is 0.296 e. The molecular weight excluding hydrogens is 539 g/mol. The molecule has 0 aliphatic carbocycles. The minimum absolute atomic E-state index is 0.0224. The van der Waals surface area contributed by atoms with Gasteiger partial charge in [-0.15, -0.1) is 21.5 Å². The number of aromatic nitrogens is 2. The molecule has 0 radical (unpaired) electrons. The van der Waals surface area contributed by atoms with E-state index in [9.17, 15) is 14.7 Å². The van der Waals surface area contributed by atoms with Gasteiger partial charge in [0.15, 0.2) is 10.1 Å². The van der Waals surface area contributed by atoms with Crippen molar-refractivity contribution >= 4 is 51.3 Å². The largest absolute Gasteiger partial charge is 0.503 e. The number of hydrogen-bond acceptors (Lipinski definition) is 9. The first-order valence-electron chi connectivity index (χ1n) is 12.1. The number of benzene rings is 2. The molecule has 5 rings (SSSR count). The average molecular weight is 564 g/mol. The maximum Gasteiger partial charge on any atom is 0.296 e. The van der Waals surface area contributed by atoms with Crippen LogP contribution in [0, 0.1) is 6.92 Å². The van der Waals surface area contributed by atoms with Gasteiger partial charge in [0, 0.05) is 5.75 Å². The molecule has 3 heterocycles. The SMILES string of the molecule is CCCOc1cccc(C2C(C(=O)c3cccs3)=C(O)C(=O)N2c2nnc(SCc3ccc(C)cc3)s2)c1. The van der Waals surface area contributed by atoms with Crippen LogP contribution < -0.4 is 9.64 Å². The molecule has 38 heavy (non-hydrogen) atoms. The third-order valence-corrected chi connectivity index (χ3v) is 8.92. The summed E-state index contributed by atoms with van der Waals surface area (Å²) in [5.74, 6) is -0.318. The van der Waals surface area contributed by atoms with Crippen LogP contribution in [0.15, 0.2) is 81.7 Å². The zero-order chi connectivity index (χ0) is 26.6. The second-order valence-electron chi connectivity index (χ2n) is 8.69.